The summed E-state index contributed by atoms with van der Waals surface area (Å²) in [6, 6.07) is 34.0. The summed E-state index contributed by atoms with van der Waals surface area (Å²) < 4.78 is 5.33. The number of nitrogens with one attached hydrogen (secondary N) is 1. The fourth-order valence-corrected chi connectivity index (χ4v) is 5.36. The topological polar surface area (TPSA) is 63.9 Å². The van der Waals surface area contributed by atoms with Crippen LogP contribution in [-0.4, -0.2) is 16.8 Å². The van der Waals surface area contributed by atoms with Gasteiger partial charge in [-0.3, -0.25) is 5.10 Å². The van der Waals surface area contributed by atoms with Crippen molar-refractivity contribution in [3.05, 3.63) is 97.1 Å². The van der Waals surface area contributed by atoms with Gasteiger partial charge in [0.25, 0.3) is 0 Å². The summed E-state index contributed by atoms with van der Waals surface area (Å²) in [5.74, 6) is 1.91. The number of nitrogen functional groups attached to an aromatic ring is 1. The molecule has 0 unspecified atom stereocenters. The standard InChI is InChI=1S/C18H15P.C7H11N3O/c1-4-10-16(11-5-1)19(17-12-6-2-7-13-17)18-14-8-3-9-15-18;8-6-3-7(10-9-6)11-4-5-1-2-5/h1-15H;3,5H,1-2,4H2,(H3,8,9,10). The number of H-pyrrole nitrogens is 1. The summed E-state index contributed by atoms with van der Waals surface area (Å²) >= 11 is 0. The molecular weight excluding hydrogens is 389 g/mol. The molecule has 1 heterocycles. The van der Waals surface area contributed by atoms with Crippen molar-refractivity contribution in [2.45, 2.75) is 12.8 Å². The first-order chi connectivity index (χ1) is 14.8. The second-order valence-electron chi connectivity index (χ2n) is 7.26. The Morgan fingerprint density at radius 1 is 0.800 bits per heavy atom. The Labute approximate surface area is 178 Å². The van der Waals surface area contributed by atoms with E-state index in [1.165, 1.54) is 28.8 Å². The third-order valence-corrected chi connectivity index (χ3v) is 7.22. The van der Waals surface area contributed by atoms with Crippen molar-refractivity contribution in [1.82, 2.24) is 10.2 Å². The maximum atomic E-state index is 5.40. The molecule has 1 aliphatic carbocycles. The lowest BCUT2D eigenvalue weighted by Gasteiger charge is -2.18. The van der Waals surface area contributed by atoms with Crippen molar-refractivity contribution in [2.24, 2.45) is 5.92 Å². The Morgan fingerprint density at radius 3 is 1.63 bits per heavy atom. The van der Waals surface area contributed by atoms with Gasteiger partial charge in [0.05, 0.1) is 6.61 Å². The van der Waals surface area contributed by atoms with E-state index in [2.05, 4.69) is 101 Å². The maximum absolute atomic E-state index is 5.40. The minimum atomic E-state index is -0.446. The van der Waals surface area contributed by atoms with Gasteiger partial charge in [-0.2, -0.15) is 0 Å². The highest BCUT2D eigenvalue weighted by Gasteiger charge is 2.22. The Bertz CT molecular complexity index is 924. The number of aromatic amines is 1. The van der Waals surface area contributed by atoms with Crippen molar-refractivity contribution in [2.75, 3.05) is 12.3 Å². The van der Waals surface area contributed by atoms with E-state index in [4.69, 9.17) is 10.5 Å². The number of rotatable bonds is 6. The predicted octanol–water partition coefficient (Wildman–Crippen LogP) is 4.23. The van der Waals surface area contributed by atoms with Gasteiger partial charge >= 0.3 is 0 Å². The summed E-state index contributed by atoms with van der Waals surface area (Å²) in [5.41, 5.74) is 5.40. The molecule has 1 aromatic heterocycles. The molecule has 152 valence electrons. The second kappa shape index (κ2) is 10.1. The van der Waals surface area contributed by atoms with E-state index in [9.17, 15) is 0 Å². The van der Waals surface area contributed by atoms with E-state index >= 15 is 0 Å². The van der Waals surface area contributed by atoms with Gasteiger partial charge in [-0.25, -0.2) is 0 Å². The minimum absolute atomic E-state index is 0.446. The molecule has 0 aliphatic heterocycles. The average molecular weight is 415 g/mol. The lowest BCUT2D eigenvalue weighted by atomic mass is 10.4. The van der Waals surface area contributed by atoms with Gasteiger partial charge in [0.15, 0.2) is 0 Å². The first kappa shape index (κ1) is 20.2. The number of nitrogens with two attached hydrogens (primary N) is 1. The number of nitrogens with zero attached hydrogens (tertiary/aromatic N) is 1. The highest BCUT2D eigenvalue weighted by molar-refractivity contribution is 7.79. The van der Waals surface area contributed by atoms with Crippen LogP contribution >= 0.6 is 7.92 Å². The Hall–Kier alpha value is -3.10. The molecular formula is C25H26N3OP. The van der Waals surface area contributed by atoms with Crippen LogP contribution in [-0.2, 0) is 0 Å². The molecule has 0 atom stereocenters. The van der Waals surface area contributed by atoms with E-state index < -0.39 is 7.92 Å². The van der Waals surface area contributed by atoms with E-state index in [1.807, 2.05) is 0 Å². The highest BCUT2D eigenvalue weighted by Crippen LogP contribution is 2.32. The Balaban J connectivity index is 0.000000168. The normalized spacial score (nSPS) is 12.8. The quantitative estimate of drug-likeness (QED) is 0.464. The fraction of sp³-hybridized carbons (Fsp3) is 0.160. The smallest absolute Gasteiger partial charge is 0.234 e. The predicted molar refractivity (Wildman–Crippen MR) is 126 cm³/mol. The molecule has 0 saturated heterocycles. The number of benzene rings is 3. The zero-order chi connectivity index (χ0) is 20.6. The monoisotopic (exact) mass is 415 g/mol. The average Bonchev–Trinajstić information content (AvgIpc) is 3.55. The molecule has 1 saturated carbocycles. The van der Waals surface area contributed by atoms with Crippen LogP contribution in [0.3, 0.4) is 0 Å². The molecule has 1 aliphatic rings. The molecule has 0 bridgehead atoms. The molecule has 3 N–H and O–H groups in total. The molecule has 0 amide bonds. The van der Waals surface area contributed by atoms with Gasteiger partial charge in [0, 0.05) is 6.07 Å². The summed E-state index contributed by atoms with van der Waals surface area (Å²) in [7, 11) is -0.446. The van der Waals surface area contributed by atoms with Crippen molar-refractivity contribution in [1.29, 1.82) is 0 Å². The summed E-state index contributed by atoms with van der Waals surface area (Å²) in [6.45, 7) is 0.782. The van der Waals surface area contributed by atoms with E-state index in [1.54, 1.807) is 6.07 Å². The Morgan fingerprint density at radius 2 is 1.27 bits per heavy atom. The van der Waals surface area contributed by atoms with Gasteiger partial charge in [0.2, 0.25) is 5.88 Å². The highest BCUT2D eigenvalue weighted by atomic mass is 31.1. The van der Waals surface area contributed by atoms with Gasteiger partial charge in [-0.05, 0) is 42.6 Å². The van der Waals surface area contributed by atoms with E-state index in [0.717, 1.165) is 12.5 Å². The summed E-state index contributed by atoms with van der Waals surface area (Å²) in [4.78, 5) is 0. The maximum Gasteiger partial charge on any atom is 0.234 e. The molecule has 0 radical (unpaired) electrons. The molecule has 30 heavy (non-hydrogen) atoms. The van der Waals surface area contributed by atoms with Gasteiger partial charge in [-0.15, -0.1) is 5.10 Å². The number of hydrogen-bond acceptors (Lipinski definition) is 3. The largest absolute Gasteiger partial charge is 0.476 e. The second-order valence-corrected chi connectivity index (χ2v) is 9.48. The van der Waals surface area contributed by atoms with Crippen molar-refractivity contribution in [3.8, 4) is 5.88 Å². The van der Waals surface area contributed by atoms with Crippen LogP contribution < -0.4 is 26.4 Å². The summed E-state index contributed by atoms with van der Waals surface area (Å²) in [6.07, 6.45) is 2.58. The first-order valence-electron chi connectivity index (χ1n) is 10.2. The van der Waals surface area contributed by atoms with Crippen molar-refractivity contribution >= 4 is 29.7 Å². The Kier molecular flexibility index (Phi) is 6.79. The number of anilines is 1. The van der Waals surface area contributed by atoms with Crippen LogP contribution in [0.1, 0.15) is 12.8 Å². The molecule has 4 aromatic rings. The van der Waals surface area contributed by atoms with Crippen molar-refractivity contribution in [3.63, 3.8) is 0 Å². The zero-order valence-electron chi connectivity index (χ0n) is 16.8. The molecule has 5 heteroatoms. The zero-order valence-corrected chi connectivity index (χ0v) is 17.7. The van der Waals surface area contributed by atoms with Gasteiger partial charge in [-0.1, -0.05) is 91.0 Å². The van der Waals surface area contributed by atoms with Gasteiger partial charge in [0.1, 0.15) is 5.82 Å². The van der Waals surface area contributed by atoms with Crippen LogP contribution in [0.2, 0.25) is 0 Å². The van der Waals surface area contributed by atoms with Crippen LogP contribution in [0, 0.1) is 5.92 Å². The fourth-order valence-electron chi connectivity index (χ4n) is 3.06. The van der Waals surface area contributed by atoms with E-state index in [-0.39, 0.29) is 0 Å². The number of hydrogen-bond donors (Lipinski definition) is 2. The van der Waals surface area contributed by atoms with Crippen LogP contribution in [0.25, 0.3) is 0 Å². The van der Waals surface area contributed by atoms with Crippen LogP contribution in [0.15, 0.2) is 97.1 Å². The van der Waals surface area contributed by atoms with E-state index in [0.29, 0.717) is 11.7 Å². The minimum Gasteiger partial charge on any atom is -0.476 e. The number of ether oxygens (including phenoxy) is 1. The lowest BCUT2D eigenvalue weighted by Crippen LogP contribution is -2.20. The third kappa shape index (κ3) is 5.71. The third-order valence-electron chi connectivity index (χ3n) is 4.78. The molecule has 1 fully saturated rings. The molecule has 4 nitrogen and oxygen atoms in total. The van der Waals surface area contributed by atoms with Gasteiger partial charge < -0.3 is 10.5 Å². The first-order valence-corrected chi connectivity index (χ1v) is 11.5. The molecule has 3 aromatic carbocycles. The number of aromatic nitrogens is 2. The van der Waals surface area contributed by atoms with Crippen LogP contribution in [0.5, 0.6) is 5.88 Å². The SMILES string of the molecule is Nc1cc(OCC2CC2)n[nH]1.c1ccc(P(c2ccccc2)c2ccccc2)cc1. The van der Waals surface area contributed by atoms with Crippen LogP contribution in [0.4, 0.5) is 5.82 Å². The van der Waals surface area contributed by atoms with Crippen molar-refractivity contribution < 1.29 is 4.74 Å². The molecule has 5 rings (SSSR count). The molecule has 0 spiro atoms. The summed E-state index contributed by atoms with van der Waals surface area (Å²) in [5, 5.41) is 10.7. The lowest BCUT2D eigenvalue weighted by molar-refractivity contribution is 0.288.